The van der Waals surface area contributed by atoms with Gasteiger partial charge in [0, 0.05) is 22.5 Å². The summed E-state index contributed by atoms with van der Waals surface area (Å²) in [4.78, 5) is 6.03. The molecule has 0 radical (unpaired) electrons. The zero-order valence-electron chi connectivity index (χ0n) is 12.4. The van der Waals surface area contributed by atoms with Crippen molar-refractivity contribution in [3.05, 3.63) is 40.4 Å². The van der Waals surface area contributed by atoms with E-state index in [9.17, 15) is 0 Å². The fourth-order valence-electron chi connectivity index (χ4n) is 1.84. The van der Waals surface area contributed by atoms with E-state index in [1.165, 1.54) is 16.0 Å². The van der Waals surface area contributed by atoms with Gasteiger partial charge in [-0.25, -0.2) is 4.98 Å². The van der Waals surface area contributed by atoms with Gasteiger partial charge in [-0.3, -0.25) is 0 Å². The third-order valence-electron chi connectivity index (χ3n) is 2.94. The molecular formula is C16H22N2S. The van der Waals surface area contributed by atoms with E-state index in [0.29, 0.717) is 0 Å². The van der Waals surface area contributed by atoms with E-state index in [1.54, 1.807) is 11.3 Å². The number of benzene rings is 1. The van der Waals surface area contributed by atoms with Crippen LogP contribution in [0.15, 0.2) is 24.3 Å². The van der Waals surface area contributed by atoms with Crippen molar-refractivity contribution >= 4 is 11.3 Å². The Hall–Kier alpha value is -1.19. The van der Waals surface area contributed by atoms with Gasteiger partial charge in [0.2, 0.25) is 0 Å². The van der Waals surface area contributed by atoms with Crippen LogP contribution in [-0.4, -0.2) is 10.5 Å². The molecule has 0 saturated heterocycles. The van der Waals surface area contributed by atoms with Gasteiger partial charge >= 0.3 is 0 Å². The Morgan fingerprint density at radius 2 is 1.95 bits per heavy atom. The predicted octanol–water partition coefficient (Wildman–Crippen LogP) is 4.32. The van der Waals surface area contributed by atoms with Crippen LogP contribution in [0, 0.1) is 13.8 Å². The summed E-state index contributed by atoms with van der Waals surface area (Å²) in [6.07, 6.45) is 0. The number of thiazole rings is 1. The molecule has 1 aromatic heterocycles. The van der Waals surface area contributed by atoms with E-state index >= 15 is 0 Å². The molecule has 1 N–H and O–H groups in total. The first-order chi connectivity index (χ1) is 8.85. The minimum absolute atomic E-state index is 0.139. The van der Waals surface area contributed by atoms with E-state index in [2.05, 4.69) is 64.2 Å². The number of hydrogen-bond donors (Lipinski definition) is 1. The summed E-state index contributed by atoms with van der Waals surface area (Å²) in [6, 6.07) is 8.53. The van der Waals surface area contributed by atoms with Crippen LogP contribution in [0.2, 0.25) is 0 Å². The fraction of sp³-hybridized carbons (Fsp3) is 0.438. The van der Waals surface area contributed by atoms with Crippen LogP contribution in [0.4, 0.5) is 0 Å². The van der Waals surface area contributed by atoms with Crippen LogP contribution in [0.1, 0.15) is 36.9 Å². The Balaban J connectivity index is 2.21. The first kappa shape index (κ1) is 14.2. The van der Waals surface area contributed by atoms with Crippen LogP contribution in [0.3, 0.4) is 0 Å². The molecule has 0 amide bonds. The molecule has 0 spiro atoms. The molecule has 3 heteroatoms. The van der Waals surface area contributed by atoms with E-state index in [4.69, 9.17) is 4.98 Å². The van der Waals surface area contributed by atoms with Crippen molar-refractivity contribution in [3.63, 3.8) is 0 Å². The molecule has 0 aliphatic carbocycles. The Kier molecular flexibility index (Phi) is 4.07. The Morgan fingerprint density at radius 1 is 1.21 bits per heavy atom. The molecule has 0 bridgehead atoms. The largest absolute Gasteiger partial charge is 0.307 e. The number of aryl methyl sites for hydroxylation is 2. The van der Waals surface area contributed by atoms with Gasteiger partial charge in [0.15, 0.2) is 0 Å². The predicted molar refractivity (Wildman–Crippen MR) is 83.6 cm³/mol. The lowest BCUT2D eigenvalue weighted by atomic mass is 10.1. The zero-order chi connectivity index (χ0) is 14.0. The molecule has 0 saturated carbocycles. The number of rotatable bonds is 3. The van der Waals surface area contributed by atoms with E-state index in [0.717, 1.165) is 17.2 Å². The highest BCUT2D eigenvalue weighted by Crippen LogP contribution is 2.28. The quantitative estimate of drug-likeness (QED) is 0.902. The van der Waals surface area contributed by atoms with Gasteiger partial charge in [-0.2, -0.15) is 0 Å². The van der Waals surface area contributed by atoms with Gasteiger partial charge in [0.25, 0.3) is 0 Å². The van der Waals surface area contributed by atoms with Gasteiger partial charge < -0.3 is 5.32 Å². The van der Waals surface area contributed by atoms with E-state index in [1.807, 2.05) is 0 Å². The van der Waals surface area contributed by atoms with Crippen molar-refractivity contribution in [2.75, 3.05) is 0 Å². The Morgan fingerprint density at radius 3 is 2.58 bits per heavy atom. The highest BCUT2D eigenvalue weighted by molar-refractivity contribution is 7.15. The molecule has 0 fully saturated rings. The average molecular weight is 274 g/mol. The minimum atomic E-state index is 0.139. The van der Waals surface area contributed by atoms with Crippen LogP contribution in [0.25, 0.3) is 10.6 Å². The van der Waals surface area contributed by atoms with E-state index in [-0.39, 0.29) is 5.54 Å². The fourth-order valence-corrected chi connectivity index (χ4v) is 2.84. The van der Waals surface area contributed by atoms with Crippen molar-refractivity contribution < 1.29 is 0 Å². The van der Waals surface area contributed by atoms with Crippen LogP contribution >= 0.6 is 11.3 Å². The molecule has 2 rings (SSSR count). The SMILES string of the molecule is Cc1cccc(-c2nc(C)c(CNC(C)(C)C)s2)c1. The Labute approximate surface area is 119 Å². The first-order valence-corrected chi connectivity index (χ1v) is 7.45. The van der Waals surface area contributed by atoms with Crippen molar-refractivity contribution in [2.24, 2.45) is 0 Å². The lowest BCUT2D eigenvalue weighted by Gasteiger charge is -2.19. The Bertz CT molecular complexity index is 564. The van der Waals surface area contributed by atoms with Crippen molar-refractivity contribution in [1.29, 1.82) is 0 Å². The van der Waals surface area contributed by atoms with Crippen LogP contribution in [-0.2, 0) is 6.54 Å². The van der Waals surface area contributed by atoms with E-state index < -0.39 is 0 Å². The summed E-state index contributed by atoms with van der Waals surface area (Å²) in [5.74, 6) is 0. The molecule has 2 nitrogen and oxygen atoms in total. The minimum Gasteiger partial charge on any atom is -0.307 e. The third-order valence-corrected chi connectivity index (χ3v) is 4.14. The lowest BCUT2D eigenvalue weighted by molar-refractivity contribution is 0.425. The average Bonchev–Trinajstić information content (AvgIpc) is 2.67. The molecule has 0 unspecified atom stereocenters. The standard InChI is InChI=1S/C16H22N2S/c1-11-7-6-8-13(9-11)15-18-12(2)14(19-15)10-17-16(3,4)5/h6-9,17H,10H2,1-5H3. The van der Waals surface area contributed by atoms with Gasteiger partial charge in [-0.1, -0.05) is 23.8 Å². The topological polar surface area (TPSA) is 24.9 Å². The van der Waals surface area contributed by atoms with Crippen molar-refractivity contribution in [2.45, 2.75) is 46.7 Å². The number of nitrogens with one attached hydrogen (secondary N) is 1. The van der Waals surface area contributed by atoms with Gasteiger partial charge in [0.1, 0.15) is 5.01 Å². The summed E-state index contributed by atoms with van der Waals surface area (Å²) >= 11 is 1.79. The zero-order valence-corrected chi connectivity index (χ0v) is 13.2. The molecule has 0 aliphatic rings. The maximum absolute atomic E-state index is 4.70. The summed E-state index contributed by atoms with van der Waals surface area (Å²) in [6.45, 7) is 11.7. The molecule has 102 valence electrons. The molecule has 1 aromatic carbocycles. The lowest BCUT2D eigenvalue weighted by Crippen LogP contribution is -2.34. The second-order valence-electron chi connectivity index (χ2n) is 6.00. The second kappa shape index (κ2) is 5.43. The molecule has 0 aliphatic heterocycles. The molecule has 2 aromatic rings. The van der Waals surface area contributed by atoms with Crippen LogP contribution in [0.5, 0.6) is 0 Å². The summed E-state index contributed by atoms with van der Waals surface area (Å²) < 4.78 is 0. The summed E-state index contributed by atoms with van der Waals surface area (Å²) in [5, 5.41) is 4.64. The monoisotopic (exact) mass is 274 g/mol. The van der Waals surface area contributed by atoms with Crippen molar-refractivity contribution in [3.8, 4) is 10.6 Å². The highest BCUT2D eigenvalue weighted by atomic mass is 32.1. The first-order valence-electron chi connectivity index (χ1n) is 6.63. The molecule has 0 atom stereocenters. The summed E-state index contributed by atoms with van der Waals surface area (Å²) in [7, 11) is 0. The van der Waals surface area contributed by atoms with Gasteiger partial charge in [-0.15, -0.1) is 11.3 Å². The van der Waals surface area contributed by atoms with Crippen molar-refractivity contribution in [1.82, 2.24) is 10.3 Å². The third kappa shape index (κ3) is 3.88. The normalized spacial score (nSPS) is 11.8. The molecule has 19 heavy (non-hydrogen) atoms. The molecule has 1 heterocycles. The smallest absolute Gasteiger partial charge is 0.123 e. The molecular weight excluding hydrogens is 252 g/mol. The highest BCUT2D eigenvalue weighted by Gasteiger charge is 2.13. The number of nitrogens with zero attached hydrogens (tertiary/aromatic N) is 1. The maximum Gasteiger partial charge on any atom is 0.123 e. The summed E-state index contributed by atoms with van der Waals surface area (Å²) in [5.41, 5.74) is 3.77. The van der Waals surface area contributed by atoms with Gasteiger partial charge in [0.05, 0.1) is 5.69 Å². The van der Waals surface area contributed by atoms with Gasteiger partial charge in [-0.05, 0) is 40.7 Å². The number of hydrogen-bond acceptors (Lipinski definition) is 3. The maximum atomic E-state index is 4.70. The number of aromatic nitrogens is 1. The van der Waals surface area contributed by atoms with Crippen LogP contribution < -0.4 is 5.32 Å². The second-order valence-corrected chi connectivity index (χ2v) is 7.08.